The summed E-state index contributed by atoms with van der Waals surface area (Å²) in [7, 11) is 0. The van der Waals surface area contributed by atoms with Crippen LogP contribution in [0.25, 0.3) is 0 Å². The van der Waals surface area contributed by atoms with Gasteiger partial charge in [-0.25, -0.2) is 4.79 Å². The van der Waals surface area contributed by atoms with Crippen LogP contribution in [0.4, 0.5) is 4.79 Å². The zero-order chi connectivity index (χ0) is 17.4. The molecule has 5 nitrogen and oxygen atoms in total. The second-order valence-electron chi connectivity index (χ2n) is 5.52. The lowest BCUT2D eigenvalue weighted by Crippen LogP contribution is -2.38. The molecule has 0 bridgehead atoms. The van der Waals surface area contributed by atoms with Crippen molar-refractivity contribution in [3.63, 3.8) is 0 Å². The maximum absolute atomic E-state index is 11.9. The number of carbonyl (C=O) groups excluding carboxylic acids is 1. The van der Waals surface area contributed by atoms with Crippen LogP contribution in [0.1, 0.15) is 29.7 Å². The maximum atomic E-state index is 11.9. The molecule has 5 heteroatoms. The molecule has 0 aromatic heterocycles. The molecular formula is C19H21N3O2. The molecule has 1 atom stereocenters. The third-order valence-electron chi connectivity index (χ3n) is 3.56. The predicted molar refractivity (Wildman–Crippen MR) is 92.8 cm³/mol. The first-order chi connectivity index (χ1) is 11.6. The number of hydrogen-bond donors (Lipinski definition) is 2. The lowest BCUT2D eigenvalue weighted by atomic mass is 10.1. The van der Waals surface area contributed by atoms with Gasteiger partial charge in [0.25, 0.3) is 0 Å². The third kappa shape index (κ3) is 5.33. The van der Waals surface area contributed by atoms with Crippen molar-refractivity contribution in [1.29, 1.82) is 5.26 Å². The van der Waals surface area contributed by atoms with Crippen LogP contribution in [-0.4, -0.2) is 19.2 Å². The Morgan fingerprint density at radius 1 is 1.17 bits per heavy atom. The van der Waals surface area contributed by atoms with Gasteiger partial charge in [0.15, 0.2) is 0 Å². The van der Waals surface area contributed by atoms with Crippen LogP contribution in [0.5, 0.6) is 5.75 Å². The Kier molecular flexibility index (Phi) is 6.21. The molecule has 0 radical (unpaired) electrons. The summed E-state index contributed by atoms with van der Waals surface area (Å²) in [5.74, 6) is 0.786. The molecule has 124 valence electrons. The molecule has 2 aromatic carbocycles. The summed E-state index contributed by atoms with van der Waals surface area (Å²) in [6.07, 6.45) is 0. The van der Waals surface area contributed by atoms with Crippen molar-refractivity contribution < 1.29 is 9.53 Å². The maximum Gasteiger partial charge on any atom is 0.315 e. The van der Waals surface area contributed by atoms with Crippen LogP contribution in [0.15, 0.2) is 48.5 Å². The molecular weight excluding hydrogens is 302 g/mol. The highest BCUT2D eigenvalue weighted by atomic mass is 16.5. The molecule has 0 saturated carbocycles. The smallest absolute Gasteiger partial charge is 0.315 e. The van der Waals surface area contributed by atoms with E-state index < -0.39 is 0 Å². The first-order valence-electron chi connectivity index (χ1n) is 7.82. The third-order valence-corrected chi connectivity index (χ3v) is 3.56. The Labute approximate surface area is 142 Å². The van der Waals surface area contributed by atoms with Gasteiger partial charge >= 0.3 is 6.03 Å². The molecule has 2 N–H and O–H groups in total. The SMILES string of the molecule is Cc1ccc(OCCNC(=O)NC(C)c2ccc(C#N)cc2)cc1. The Morgan fingerprint density at radius 3 is 2.46 bits per heavy atom. The second-order valence-corrected chi connectivity index (χ2v) is 5.52. The van der Waals surface area contributed by atoms with E-state index in [0.717, 1.165) is 11.3 Å². The fourth-order valence-corrected chi connectivity index (χ4v) is 2.15. The molecule has 2 amide bonds. The number of ether oxygens (including phenoxy) is 1. The van der Waals surface area contributed by atoms with Crippen molar-refractivity contribution in [2.24, 2.45) is 0 Å². The van der Waals surface area contributed by atoms with Gasteiger partial charge in [-0.2, -0.15) is 5.26 Å². The molecule has 0 aliphatic rings. The van der Waals surface area contributed by atoms with Crippen LogP contribution < -0.4 is 15.4 Å². The van der Waals surface area contributed by atoms with Gasteiger partial charge in [0.05, 0.1) is 24.2 Å². The van der Waals surface area contributed by atoms with Crippen molar-refractivity contribution in [2.45, 2.75) is 19.9 Å². The monoisotopic (exact) mass is 323 g/mol. The van der Waals surface area contributed by atoms with Gasteiger partial charge in [0.2, 0.25) is 0 Å². The van der Waals surface area contributed by atoms with Crippen molar-refractivity contribution in [3.05, 3.63) is 65.2 Å². The summed E-state index contributed by atoms with van der Waals surface area (Å²) < 4.78 is 5.55. The van der Waals surface area contributed by atoms with E-state index in [-0.39, 0.29) is 12.1 Å². The molecule has 24 heavy (non-hydrogen) atoms. The molecule has 0 heterocycles. The highest BCUT2D eigenvalue weighted by Gasteiger charge is 2.08. The number of nitrogens with zero attached hydrogens (tertiary/aromatic N) is 1. The fraction of sp³-hybridized carbons (Fsp3) is 0.263. The minimum atomic E-state index is -0.251. The van der Waals surface area contributed by atoms with E-state index in [1.165, 1.54) is 5.56 Å². The lowest BCUT2D eigenvalue weighted by Gasteiger charge is -2.15. The van der Waals surface area contributed by atoms with Crippen molar-refractivity contribution >= 4 is 6.03 Å². The van der Waals surface area contributed by atoms with E-state index in [9.17, 15) is 4.79 Å². The van der Waals surface area contributed by atoms with E-state index in [1.807, 2.05) is 50.2 Å². The van der Waals surface area contributed by atoms with E-state index in [2.05, 4.69) is 16.7 Å². The van der Waals surface area contributed by atoms with Crippen LogP contribution in [0.2, 0.25) is 0 Å². The number of benzene rings is 2. The summed E-state index contributed by atoms with van der Waals surface area (Å²) in [4.78, 5) is 11.9. The van der Waals surface area contributed by atoms with E-state index in [0.29, 0.717) is 18.7 Å². The van der Waals surface area contributed by atoms with Crippen molar-refractivity contribution in [2.75, 3.05) is 13.2 Å². The van der Waals surface area contributed by atoms with E-state index >= 15 is 0 Å². The number of rotatable bonds is 6. The second kappa shape index (κ2) is 8.59. The highest BCUT2D eigenvalue weighted by Crippen LogP contribution is 2.13. The topological polar surface area (TPSA) is 74.2 Å². The number of aryl methyl sites for hydroxylation is 1. The zero-order valence-corrected chi connectivity index (χ0v) is 13.9. The number of hydrogen-bond acceptors (Lipinski definition) is 3. The Bertz CT molecular complexity index is 703. The summed E-state index contributed by atoms with van der Waals surface area (Å²) in [5.41, 5.74) is 2.72. The van der Waals surface area contributed by atoms with Gasteiger partial charge in [0.1, 0.15) is 12.4 Å². The van der Waals surface area contributed by atoms with E-state index in [1.54, 1.807) is 12.1 Å². The normalized spacial score (nSPS) is 11.2. The summed E-state index contributed by atoms with van der Waals surface area (Å²) in [6.45, 7) is 4.73. The highest BCUT2D eigenvalue weighted by molar-refractivity contribution is 5.74. The number of amides is 2. The van der Waals surface area contributed by atoms with Crippen LogP contribution in [0.3, 0.4) is 0 Å². The fourth-order valence-electron chi connectivity index (χ4n) is 2.15. The molecule has 0 fully saturated rings. The molecule has 0 spiro atoms. The lowest BCUT2D eigenvalue weighted by molar-refractivity contribution is 0.233. The van der Waals surface area contributed by atoms with Gasteiger partial charge < -0.3 is 15.4 Å². The Morgan fingerprint density at radius 2 is 1.83 bits per heavy atom. The number of carbonyl (C=O) groups is 1. The molecule has 2 rings (SSSR count). The number of nitrogens with one attached hydrogen (secondary N) is 2. The van der Waals surface area contributed by atoms with Crippen molar-refractivity contribution in [1.82, 2.24) is 10.6 Å². The molecule has 0 aliphatic heterocycles. The average molecular weight is 323 g/mol. The summed E-state index contributed by atoms with van der Waals surface area (Å²) in [5, 5.41) is 14.4. The van der Waals surface area contributed by atoms with Gasteiger partial charge in [-0.05, 0) is 43.7 Å². The summed E-state index contributed by atoms with van der Waals surface area (Å²) in [6, 6.07) is 16.6. The van der Waals surface area contributed by atoms with Gasteiger partial charge in [-0.1, -0.05) is 29.8 Å². The standard InChI is InChI=1S/C19H21N3O2/c1-14-3-9-18(10-4-14)24-12-11-21-19(23)22-15(2)17-7-5-16(13-20)6-8-17/h3-10,15H,11-12H2,1-2H3,(H2,21,22,23). The average Bonchev–Trinajstić information content (AvgIpc) is 2.60. The van der Waals surface area contributed by atoms with Crippen LogP contribution in [-0.2, 0) is 0 Å². The minimum absolute atomic E-state index is 0.143. The van der Waals surface area contributed by atoms with Crippen LogP contribution in [0, 0.1) is 18.3 Å². The largest absolute Gasteiger partial charge is 0.492 e. The zero-order valence-electron chi connectivity index (χ0n) is 13.9. The Hall–Kier alpha value is -3.00. The van der Waals surface area contributed by atoms with Crippen molar-refractivity contribution in [3.8, 4) is 11.8 Å². The Balaban J connectivity index is 1.70. The summed E-state index contributed by atoms with van der Waals surface area (Å²) >= 11 is 0. The number of nitriles is 1. The van der Waals surface area contributed by atoms with Gasteiger partial charge in [-0.3, -0.25) is 0 Å². The van der Waals surface area contributed by atoms with E-state index in [4.69, 9.17) is 10.00 Å². The molecule has 0 aliphatic carbocycles. The molecule has 2 aromatic rings. The van der Waals surface area contributed by atoms with Gasteiger partial charge in [-0.15, -0.1) is 0 Å². The first kappa shape index (κ1) is 17.4. The minimum Gasteiger partial charge on any atom is -0.492 e. The molecule has 1 unspecified atom stereocenters. The van der Waals surface area contributed by atoms with Crippen LogP contribution >= 0.6 is 0 Å². The quantitative estimate of drug-likeness (QED) is 0.801. The number of urea groups is 1. The first-order valence-corrected chi connectivity index (χ1v) is 7.82. The predicted octanol–water partition coefficient (Wildman–Crippen LogP) is 3.31. The van der Waals surface area contributed by atoms with Gasteiger partial charge in [0, 0.05) is 0 Å². The molecule has 0 saturated heterocycles.